The van der Waals surface area contributed by atoms with Crippen molar-refractivity contribution in [2.24, 2.45) is 5.92 Å². The number of nitrogens with one attached hydrogen (secondary N) is 1. The van der Waals surface area contributed by atoms with E-state index in [-0.39, 0.29) is 24.9 Å². The summed E-state index contributed by atoms with van der Waals surface area (Å²) >= 11 is 6.09. The lowest BCUT2D eigenvalue weighted by atomic mass is 10.1. The molecule has 7 nitrogen and oxygen atoms in total. The maximum atomic E-state index is 11.6. The Labute approximate surface area is 170 Å². The minimum Gasteiger partial charge on any atom is -0.487 e. The van der Waals surface area contributed by atoms with Crippen molar-refractivity contribution in [3.05, 3.63) is 40.7 Å². The number of rotatable bonds is 12. The van der Waals surface area contributed by atoms with E-state index in [2.05, 4.69) is 10.5 Å². The first-order valence-electron chi connectivity index (χ1n) is 9.25. The molecule has 0 aliphatic rings. The molecule has 1 atom stereocenters. The second kappa shape index (κ2) is 11.0. The van der Waals surface area contributed by atoms with Crippen LogP contribution in [0.15, 0.2) is 28.8 Å². The third-order valence-corrected chi connectivity index (χ3v) is 4.55. The molecule has 2 rings (SSSR count). The van der Waals surface area contributed by atoms with Gasteiger partial charge < -0.3 is 24.4 Å². The third-order valence-electron chi connectivity index (χ3n) is 4.07. The van der Waals surface area contributed by atoms with Gasteiger partial charge in [0, 0.05) is 25.4 Å². The van der Waals surface area contributed by atoms with Crippen molar-refractivity contribution in [2.45, 2.75) is 39.9 Å². The van der Waals surface area contributed by atoms with Crippen LogP contribution in [0.2, 0.25) is 5.02 Å². The zero-order valence-corrected chi connectivity index (χ0v) is 17.2. The lowest BCUT2D eigenvalue weighted by molar-refractivity contribution is -0.121. The van der Waals surface area contributed by atoms with Gasteiger partial charge in [-0.3, -0.25) is 4.79 Å². The topological polar surface area (TPSA) is 93.8 Å². The van der Waals surface area contributed by atoms with E-state index in [0.717, 1.165) is 0 Å². The van der Waals surface area contributed by atoms with Crippen molar-refractivity contribution in [2.75, 3.05) is 19.7 Å². The molecule has 0 spiro atoms. The van der Waals surface area contributed by atoms with E-state index in [4.69, 9.17) is 25.6 Å². The number of nitrogens with zero attached hydrogens (tertiary/aromatic N) is 1. The zero-order valence-electron chi connectivity index (χ0n) is 16.4. The van der Waals surface area contributed by atoms with E-state index in [1.54, 1.807) is 19.1 Å². The van der Waals surface area contributed by atoms with Crippen LogP contribution in [0.3, 0.4) is 0 Å². The van der Waals surface area contributed by atoms with Crippen LogP contribution < -0.4 is 14.8 Å². The number of hydrogen-bond donors (Lipinski definition) is 2. The highest BCUT2D eigenvalue weighted by molar-refractivity contribution is 6.31. The monoisotopic (exact) mass is 410 g/mol. The summed E-state index contributed by atoms with van der Waals surface area (Å²) in [7, 11) is 0. The Hall–Kier alpha value is -2.09. The number of ketones is 1. The average Bonchev–Trinajstić information content (AvgIpc) is 3.00. The average molecular weight is 411 g/mol. The molecule has 0 radical (unpaired) electrons. The molecule has 1 aromatic carbocycles. The van der Waals surface area contributed by atoms with Crippen molar-refractivity contribution in [1.82, 2.24) is 10.5 Å². The van der Waals surface area contributed by atoms with Crippen molar-refractivity contribution >= 4 is 17.4 Å². The van der Waals surface area contributed by atoms with E-state index in [0.29, 0.717) is 47.5 Å². The van der Waals surface area contributed by atoms with Crippen LogP contribution in [0.1, 0.15) is 31.7 Å². The van der Waals surface area contributed by atoms with Gasteiger partial charge >= 0.3 is 0 Å². The second-order valence-corrected chi connectivity index (χ2v) is 7.16. The number of aliphatic hydroxyl groups excluding tert-OH is 1. The summed E-state index contributed by atoms with van der Waals surface area (Å²) < 4.78 is 16.5. The molecule has 0 saturated carbocycles. The molecule has 0 saturated heterocycles. The van der Waals surface area contributed by atoms with Gasteiger partial charge in [-0.15, -0.1) is 0 Å². The predicted molar refractivity (Wildman–Crippen MR) is 106 cm³/mol. The quantitative estimate of drug-likeness (QED) is 0.519. The molecule has 28 heavy (non-hydrogen) atoms. The Morgan fingerprint density at radius 3 is 2.57 bits per heavy atom. The molecule has 154 valence electrons. The fraction of sp³-hybridized carbons (Fsp3) is 0.500. The summed E-state index contributed by atoms with van der Waals surface area (Å²) in [6.45, 7) is 6.58. The van der Waals surface area contributed by atoms with Gasteiger partial charge in [0.15, 0.2) is 23.9 Å². The Bertz CT molecular complexity index is 763. The first-order valence-corrected chi connectivity index (χ1v) is 9.63. The van der Waals surface area contributed by atoms with Gasteiger partial charge in [-0.05, 0) is 19.1 Å². The van der Waals surface area contributed by atoms with E-state index in [9.17, 15) is 9.90 Å². The van der Waals surface area contributed by atoms with Crippen LogP contribution in [-0.2, 0) is 11.4 Å². The fourth-order valence-electron chi connectivity index (χ4n) is 2.34. The normalized spacial score (nSPS) is 12.2. The largest absolute Gasteiger partial charge is 0.487 e. The summed E-state index contributed by atoms with van der Waals surface area (Å²) in [6, 6.07) is 7.15. The molecule has 8 heteroatoms. The maximum Gasteiger partial charge on any atom is 0.192 e. The number of hydrogen-bond acceptors (Lipinski definition) is 7. The number of benzene rings is 1. The lowest BCUT2D eigenvalue weighted by Crippen LogP contribution is -2.33. The number of carbonyl (C=O) groups is 1. The SMILES string of the molecule is Cc1noc(COc2ccccc2OCC(O)CNCCC(=O)C(C)C)c1Cl. The highest BCUT2D eigenvalue weighted by Gasteiger charge is 2.14. The predicted octanol–water partition coefficient (Wildman–Crippen LogP) is 3.16. The second-order valence-electron chi connectivity index (χ2n) is 6.78. The molecular weight excluding hydrogens is 384 g/mol. The molecule has 1 aromatic heterocycles. The molecule has 0 aliphatic carbocycles. The van der Waals surface area contributed by atoms with Crippen LogP contribution in [0, 0.1) is 12.8 Å². The van der Waals surface area contributed by atoms with E-state index in [1.807, 2.05) is 26.0 Å². The first-order chi connectivity index (χ1) is 13.4. The Kier molecular flexibility index (Phi) is 8.76. The molecule has 1 heterocycles. The van der Waals surface area contributed by atoms with Crippen molar-refractivity contribution in [1.29, 1.82) is 0 Å². The van der Waals surface area contributed by atoms with Crippen LogP contribution >= 0.6 is 11.6 Å². The van der Waals surface area contributed by atoms with E-state index in [1.165, 1.54) is 0 Å². The Balaban J connectivity index is 1.77. The molecule has 0 amide bonds. The van der Waals surface area contributed by atoms with Crippen molar-refractivity contribution < 1.29 is 23.9 Å². The van der Waals surface area contributed by atoms with Gasteiger partial charge in [-0.25, -0.2) is 0 Å². The number of aromatic nitrogens is 1. The highest BCUT2D eigenvalue weighted by Crippen LogP contribution is 2.29. The van der Waals surface area contributed by atoms with E-state index < -0.39 is 6.10 Å². The summed E-state index contributed by atoms with van der Waals surface area (Å²) in [5.74, 6) is 1.68. The number of Topliss-reactive ketones (excluding diaryl/α,β-unsaturated/α-hetero) is 1. The Morgan fingerprint density at radius 2 is 1.96 bits per heavy atom. The number of carbonyl (C=O) groups excluding carboxylic acids is 1. The van der Waals surface area contributed by atoms with Gasteiger partial charge in [0.1, 0.15) is 23.5 Å². The van der Waals surface area contributed by atoms with Crippen LogP contribution in [0.25, 0.3) is 0 Å². The molecule has 0 bridgehead atoms. The van der Waals surface area contributed by atoms with Crippen LogP contribution in [0.5, 0.6) is 11.5 Å². The van der Waals surface area contributed by atoms with Crippen molar-refractivity contribution in [3.8, 4) is 11.5 Å². The standard InChI is InChI=1S/C20H27ClN2O5/c1-13(2)16(25)8-9-22-10-15(24)11-26-17-6-4-5-7-18(17)27-12-19-20(21)14(3)23-28-19/h4-7,13,15,22,24H,8-12H2,1-3H3. The molecule has 2 N–H and O–H groups in total. The molecule has 1 unspecified atom stereocenters. The molecule has 0 fully saturated rings. The van der Waals surface area contributed by atoms with Crippen LogP contribution in [0.4, 0.5) is 0 Å². The number of aliphatic hydroxyl groups is 1. The minimum atomic E-state index is -0.714. The highest BCUT2D eigenvalue weighted by atomic mass is 35.5. The first kappa shape index (κ1) is 22.2. The third kappa shape index (κ3) is 6.82. The van der Waals surface area contributed by atoms with Crippen LogP contribution in [-0.4, -0.2) is 41.8 Å². The summed E-state index contributed by atoms with van der Waals surface area (Å²) in [5.41, 5.74) is 0.607. The summed E-state index contributed by atoms with van der Waals surface area (Å²) in [5, 5.41) is 17.4. The summed E-state index contributed by atoms with van der Waals surface area (Å²) in [6.07, 6.45) is -0.264. The molecule has 2 aromatic rings. The number of para-hydroxylation sites is 2. The van der Waals surface area contributed by atoms with Gasteiger partial charge in [-0.2, -0.15) is 0 Å². The van der Waals surface area contributed by atoms with Gasteiger partial charge in [0.2, 0.25) is 0 Å². The Morgan fingerprint density at radius 1 is 1.29 bits per heavy atom. The van der Waals surface area contributed by atoms with E-state index >= 15 is 0 Å². The molecular formula is C20H27ClN2O5. The van der Waals surface area contributed by atoms with Gasteiger partial charge in [0.25, 0.3) is 0 Å². The maximum absolute atomic E-state index is 11.6. The smallest absolute Gasteiger partial charge is 0.192 e. The number of halogens is 1. The van der Waals surface area contributed by atoms with Gasteiger partial charge in [-0.1, -0.05) is 42.7 Å². The number of ether oxygens (including phenoxy) is 2. The minimum absolute atomic E-state index is 0.0299. The fourth-order valence-corrected chi connectivity index (χ4v) is 2.46. The zero-order chi connectivity index (χ0) is 20.5. The van der Waals surface area contributed by atoms with Crippen molar-refractivity contribution in [3.63, 3.8) is 0 Å². The lowest BCUT2D eigenvalue weighted by Gasteiger charge is -2.15. The number of aryl methyl sites for hydroxylation is 1. The molecule has 0 aliphatic heterocycles. The summed E-state index contributed by atoms with van der Waals surface area (Å²) in [4.78, 5) is 11.6. The van der Waals surface area contributed by atoms with Gasteiger partial charge in [0.05, 0.1) is 5.69 Å².